The number of aliphatic hydroxyl groups is 3. The number of halogens is 1. The van der Waals surface area contributed by atoms with Crippen LogP contribution in [0.25, 0.3) is 0 Å². The highest BCUT2D eigenvalue weighted by atomic mass is 79.9. The molecule has 0 atom stereocenters. The van der Waals surface area contributed by atoms with E-state index < -0.39 is 28.0 Å². The van der Waals surface area contributed by atoms with Crippen LogP contribution in [-0.4, -0.2) is 145 Å². The topological polar surface area (TPSA) is 178 Å². The van der Waals surface area contributed by atoms with E-state index in [0.717, 1.165) is 49.7 Å². The number of allylic oxidation sites excluding steroid dienone is 1. The summed E-state index contributed by atoms with van der Waals surface area (Å²) in [5.41, 5.74) is -0.0133. The molecule has 2 saturated carbocycles. The first-order chi connectivity index (χ1) is 31.0. The summed E-state index contributed by atoms with van der Waals surface area (Å²) in [4.78, 5) is 51.2. The van der Waals surface area contributed by atoms with Gasteiger partial charge in [-0.25, -0.2) is 14.4 Å². The van der Waals surface area contributed by atoms with Crippen molar-refractivity contribution in [3.05, 3.63) is 24.3 Å². The van der Waals surface area contributed by atoms with E-state index in [9.17, 15) is 34.5 Å². The third-order valence-electron chi connectivity index (χ3n) is 12.8. The van der Waals surface area contributed by atoms with Crippen molar-refractivity contribution < 1.29 is 48.7 Å². The van der Waals surface area contributed by atoms with E-state index in [-0.39, 0.29) is 29.7 Å². The predicted octanol–water partition coefficient (Wildman–Crippen LogP) is 10.5. The molecule has 68 heavy (non-hydrogen) atoms. The van der Waals surface area contributed by atoms with Crippen molar-refractivity contribution in [2.75, 3.05) is 57.7 Å². The van der Waals surface area contributed by atoms with E-state index in [1.807, 2.05) is 76.2 Å². The van der Waals surface area contributed by atoms with E-state index in [1.54, 1.807) is 14.7 Å². The smallest absolute Gasteiger partial charge is 0.410 e. The van der Waals surface area contributed by atoms with Crippen LogP contribution in [0.4, 0.5) is 14.4 Å². The molecule has 4 saturated heterocycles. The van der Waals surface area contributed by atoms with Crippen molar-refractivity contribution in [2.45, 2.75) is 220 Å². The predicted molar refractivity (Wildman–Crippen MR) is 275 cm³/mol. The number of likely N-dealkylation sites (tertiary alicyclic amines) is 3. The van der Waals surface area contributed by atoms with Gasteiger partial charge in [-0.3, -0.25) is 4.79 Å². The van der Waals surface area contributed by atoms with Crippen LogP contribution in [0.2, 0.25) is 0 Å². The van der Waals surface area contributed by atoms with Gasteiger partial charge in [-0.05, 0) is 184 Å². The maximum absolute atomic E-state index is 11.9. The number of carbonyl (C=O) groups is 4. The zero-order chi connectivity index (χ0) is 52.0. The number of hydrogen-bond donors (Lipinski definition) is 4. The highest BCUT2D eigenvalue weighted by molar-refractivity contribution is 9.09. The first-order valence-electron chi connectivity index (χ1n) is 25.2. The lowest BCUT2D eigenvalue weighted by molar-refractivity contribution is -0.121. The molecule has 0 bridgehead atoms. The summed E-state index contributed by atoms with van der Waals surface area (Å²) in [5.74, 6) is 0.227. The molecule has 0 aromatic rings. The van der Waals surface area contributed by atoms with Crippen molar-refractivity contribution in [1.29, 1.82) is 0 Å². The molecule has 4 aliphatic heterocycles. The number of amides is 3. The van der Waals surface area contributed by atoms with Gasteiger partial charge in [0, 0.05) is 57.4 Å². The number of hydrogen-bond acceptors (Lipinski definition) is 11. The van der Waals surface area contributed by atoms with Crippen molar-refractivity contribution in [2.24, 2.45) is 10.8 Å². The lowest BCUT2D eigenvalue weighted by Gasteiger charge is -2.40. The summed E-state index contributed by atoms with van der Waals surface area (Å²) in [6, 6.07) is 0. The molecule has 0 radical (unpaired) electrons. The number of piperidine rings is 4. The number of nitrogens with zero attached hydrogens (tertiary/aromatic N) is 3. The van der Waals surface area contributed by atoms with Crippen LogP contribution in [0.5, 0.6) is 0 Å². The summed E-state index contributed by atoms with van der Waals surface area (Å²) < 4.78 is 15.9. The average molecular weight is 1030 g/mol. The summed E-state index contributed by atoms with van der Waals surface area (Å²) in [6.45, 7) is 37.8. The number of ketones is 1. The minimum atomic E-state index is -0.704. The highest BCUT2D eigenvalue weighted by Gasteiger charge is 2.47. The third kappa shape index (κ3) is 25.9. The Morgan fingerprint density at radius 2 is 0.853 bits per heavy atom. The van der Waals surface area contributed by atoms with Crippen LogP contribution in [-0.2, 0) is 19.0 Å². The summed E-state index contributed by atoms with van der Waals surface area (Å²) in [5, 5.41) is 35.4. The molecule has 3 amide bonds. The Morgan fingerprint density at radius 1 is 0.559 bits per heavy atom. The number of carbonyl (C=O) groups excluding carboxylic acids is 4. The molecule has 14 nitrogen and oxygen atoms in total. The normalized spacial score (nSPS) is 22.0. The lowest BCUT2D eigenvalue weighted by Crippen LogP contribution is -2.48. The maximum atomic E-state index is 11.9. The van der Waals surface area contributed by atoms with Gasteiger partial charge in [-0.15, -0.1) is 6.58 Å². The molecule has 6 fully saturated rings. The van der Waals surface area contributed by atoms with Gasteiger partial charge in [-0.2, -0.15) is 0 Å². The largest absolute Gasteiger partial charge is 0.444 e. The van der Waals surface area contributed by atoms with Gasteiger partial charge in [-0.1, -0.05) is 47.5 Å². The molecule has 4 N–H and O–H groups in total. The quantitative estimate of drug-likeness (QED) is 0.108. The van der Waals surface area contributed by atoms with Crippen LogP contribution in [0, 0.1) is 10.8 Å². The first kappa shape index (κ1) is 61.4. The lowest BCUT2D eigenvalue weighted by atomic mass is 9.82. The van der Waals surface area contributed by atoms with Gasteiger partial charge < -0.3 is 49.5 Å². The molecular weight excluding hydrogens is 933 g/mol. The molecule has 0 aromatic carbocycles. The molecule has 6 rings (SSSR count). The number of ether oxygens (including phenoxy) is 3. The number of alkyl halides is 1. The molecule has 15 heteroatoms. The third-order valence-corrected chi connectivity index (χ3v) is 13.7. The SMILES string of the molecule is C=C(C)CBr.C=C(C)CC1(O)CCN(C(=O)OC(C)(C)C)CC1.CC(C)(C)OC(=O)N1CCC(=O)CC1.CC1(CC2(O)CCN(C(=O)OC(C)(C)C)CC2)CC1.CC1(CC2(O)CCNCC2)CC1. The second kappa shape index (κ2) is 25.6. The Bertz CT molecular complexity index is 1640. The highest BCUT2D eigenvalue weighted by Crippen LogP contribution is 2.53. The Hall–Kier alpha value is -2.72. The van der Waals surface area contributed by atoms with Gasteiger partial charge in [0.15, 0.2) is 0 Å². The van der Waals surface area contributed by atoms with Gasteiger partial charge in [0.2, 0.25) is 0 Å². The molecular formula is C53H95BrN4O10. The fraction of sp³-hybridized carbons (Fsp3) is 0.849. The zero-order valence-electron chi connectivity index (χ0n) is 44.8. The zero-order valence-corrected chi connectivity index (χ0v) is 46.4. The van der Waals surface area contributed by atoms with Gasteiger partial charge in [0.1, 0.15) is 22.6 Å². The molecule has 4 heterocycles. The number of nitrogens with one attached hydrogen (secondary N) is 1. The minimum absolute atomic E-state index is 0.227. The summed E-state index contributed by atoms with van der Waals surface area (Å²) in [7, 11) is 0. The fourth-order valence-corrected chi connectivity index (χ4v) is 8.48. The van der Waals surface area contributed by atoms with E-state index in [2.05, 4.69) is 48.3 Å². The molecule has 6 aliphatic rings. The van der Waals surface area contributed by atoms with E-state index in [4.69, 9.17) is 14.2 Å². The second-order valence-electron chi connectivity index (χ2n) is 24.6. The Morgan fingerprint density at radius 3 is 1.13 bits per heavy atom. The van der Waals surface area contributed by atoms with Crippen LogP contribution >= 0.6 is 15.9 Å². The standard InChI is InChI=1S/C15H27NO3.C14H25NO3.C10H17NO3.C10H19NO.C4H7Br/c1-13(2,3)19-12(17)16-9-7-15(18,8-10-16)11-14(4)5-6-14;1-11(2)10-14(17)6-8-15(9-7-14)12(16)18-13(3,4)5;1-10(2,3)14-9(13)11-6-4-8(12)5-7-11;1-9(2-3-9)8-10(12)4-6-11-7-5-10;1-4(2)3-5/h18H,5-11H2,1-4H3;17H,1,6-10H2,2-5H3;4-7H2,1-3H3;11-12H,2-8H2,1H3;1,3H2,2H3. The summed E-state index contributed by atoms with van der Waals surface area (Å²) >= 11 is 3.21. The van der Waals surface area contributed by atoms with Gasteiger partial charge >= 0.3 is 18.3 Å². The molecule has 2 aliphatic carbocycles. The van der Waals surface area contributed by atoms with E-state index in [1.165, 1.54) is 31.3 Å². The van der Waals surface area contributed by atoms with Crippen molar-refractivity contribution >= 4 is 40.0 Å². The summed E-state index contributed by atoms with van der Waals surface area (Å²) in [6.07, 6.45) is 12.1. The Balaban J connectivity index is 0.000000304. The van der Waals surface area contributed by atoms with Crippen LogP contribution in [0.15, 0.2) is 24.3 Å². The van der Waals surface area contributed by atoms with Crippen LogP contribution in [0.3, 0.4) is 0 Å². The first-order valence-corrected chi connectivity index (χ1v) is 26.3. The second-order valence-corrected chi connectivity index (χ2v) is 25.1. The van der Waals surface area contributed by atoms with Gasteiger partial charge in [0.25, 0.3) is 0 Å². The Labute approximate surface area is 419 Å². The maximum Gasteiger partial charge on any atom is 0.410 e. The Kier molecular flexibility index (Phi) is 23.1. The molecule has 0 unspecified atom stereocenters. The van der Waals surface area contributed by atoms with Crippen molar-refractivity contribution in [1.82, 2.24) is 20.0 Å². The van der Waals surface area contributed by atoms with Crippen molar-refractivity contribution in [3.8, 4) is 0 Å². The van der Waals surface area contributed by atoms with E-state index >= 15 is 0 Å². The molecule has 0 spiro atoms. The van der Waals surface area contributed by atoms with Crippen LogP contribution in [0.1, 0.15) is 186 Å². The van der Waals surface area contributed by atoms with Gasteiger partial charge in [0.05, 0.1) is 16.8 Å². The molecule has 394 valence electrons. The fourth-order valence-electron chi connectivity index (χ4n) is 8.48. The number of Topliss-reactive ketones (excluding diaryl/α,β-unsaturated/α-hetero) is 1. The number of rotatable bonds is 7. The van der Waals surface area contributed by atoms with E-state index in [0.29, 0.717) is 95.0 Å². The monoisotopic (exact) mass is 1030 g/mol. The minimum Gasteiger partial charge on any atom is -0.444 e. The van der Waals surface area contributed by atoms with Crippen molar-refractivity contribution in [3.63, 3.8) is 0 Å². The van der Waals surface area contributed by atoms with Crippen LogP contribution < -0.4 is 5.32 Å². The average Bonchev–Trinajstić information content (AvgIpc) is 4.11. The molecule has 0 aromatic heterocycles.